The average Bonchev–Trinajstić information content (AvgIpc) is 3.58. The van der Waals surface area contributed by atoms with Crippen molar-refractivity contribution in [3.05, 3.63) is 128 Å². The molecule has 7 rings (SSSR count). The van der Waals surface area contributed by atoms with E-state index in [9.17, 15) is 0 Å². The molecular formula is C31H20N5OPt-. The number of fused-ring (bicyclic) bond motifs is 3. The maximum Gasteiger partial charge on any atom is 0.135 e. The summed E-state index contributed by atoms with van der Waals surface area (Å²) in [4.78, 5) is 8.79. The molecule has 0 saturated carbocycles. The smallest absolute Gasteiger partial charge is 0.135 e. The fourth-order valence-electron chi connectivity index (χ4n) is 4.62. The van der Waals surface area contributed by atoms with E-state index in [0.29, 0.717) is 11.5 Å². The third-order valence-corrected chi connectivity index (χ3v) is 6.32. The van der Waals surface area contributed by atoms with Crippen molar-refractivity contribution in [2.45, 2.75) is 0 Å². The van der Waals surface area contributed by atoms with Gasteiger partial charge in [0.2, 0.25) is 0 Å². The predicted octanol–water partition coefficient (Wildman–Crippen LogP) is 7.02. The third kappa shape index (κ3) is 4.29. The molecule has 0 fully saturated rings. The molecule has 0 atom stereocenters. The molecule has 186 valence electrons. The van der Waals surface area contributed by atoms with Crippen molar-refractivity contribution in [2.75, 3.05) is 0 Å². The van der Waals surface area contributed by atoms with Gasteiger partial charge >= 0.3 is 0 Å². The molecule has 7 heteroatoms. The van der Waals surface area contributed by atoms with Crippen LogP contribution in [0.3, 0.4) is 0 Å². The minimum atomic E-state index is 0. The molecule has 0 unspecified atom stereocenters. The van der Waals surface area contributed by atoms with Crippen LogP contribution < -0.4 is 4.74 Å². The first-order valence-corrected chi connectivity index (χ1v) is 11.9. The molecule has 0 spiro atoms. The first kappa shape index (κ1) is 23.8. The number of para-hydroxylation sites is 1. The molecule has 0 radical (unpaired) electrons. The molecular weight excluding hydrogens is 653 g/mol. The van der Waals surface area contributed by atoms with Crippen LogP contribution >= 0.6 is 0 Å². The summed E-state index contributed by atoms with van der Waals surface area (Å²) in [6.07, 6.45) is 9.22. The summed E-state index contributed by atoms with van der Waals surface area (Å²) in [5, 5.41) is 6.78. The Labute approximate surface area is 233 Å². The van der Waals surface area contributed by atoms with Gasteiger partial charge in [-0.2, -0.15) is 11.2 Å². The van der Waals surface area contributed by atoms with Gasteiger partial charge in [-0.3, -0.25) is 4.98 Å². The summed E-state index contributed by atoms with van der Waals surface area (Å²) in [5.74, 6) is 2.17. The number of aromatic nitrogens is 5. The number of benzene rings is 3. The van der Waals surface area contributed by atoms with E-state index >= 15 is 0 Å². The molecule has 0 aliphatic rings. The Bertz CT molecular complexity index is 1860. The topological polar surface area (TPSA) is 57.8 Å². The molecule has 4 heterocycles. The van der Waals surface area contributed by atoms with Crippen molar-refractivity contribution in [3.8, 4) is 34.1 Å². The second-order valence-corrected chi connectivity index (χ2v) is 8.64. The number of hydrogen-bond acceptors (Lipinski definition) is 4. The SMILES string of the molecule is [Pt].[c-]1c(Oc2cccc(-n3cc(-c4cccnc4)cn3)c2)ccc2c3ccccc3n(-c3ccccn3)c12. The van der Waals surface area contributed by atoms with Crippen molar-refractivity contribution in [1.82, 2.24) is 24.3 Å². The maximum atomic E-state index is 6.29. The summed E-state index contributed by atoms with van der Waals surface area (Å²) in [6, 6.07) is 33.5. The summed E-state index contributed by atoms with van der Waals surface area (Å²) < 4.78 is 10.2. The van der Waals surface area contributed by atoms with Crippen molar-refractivity contribution < 1.29 is 25.8 Å². The zero-order valence-corrected chi connectivity index (χ0v) is 22.3. The molecule has 6 nitrogen and oxygen atoms in total. The van der Waals surface area contributed by atoms with E-state index in [1.165, 1.54) is 0 Å². The van der Waals surface area contributed by atoms with Crippen LogP contribution in [0, 0.1) is 6.07 Å². The molecule has 0 aliphatic heterocycles. The van der Waals surface area contributed by atoms with Gasteiger partial charge in [0.15, 0.2) is 0 Å². The molecule has 0 N–H and O–H groups in total. The van der Waals surface area contributed by atoms with Crippen molar-refractivity contribution in [3.63, 3.8) is 0 Å². The van der Waals surface area contributed by atoms with Crippen LogP contribution in [0.25, 0.3) is 44.4 Å². The fraction of sp³-hybridized carbons (Fsp3) is 0. The van der Waals surface area contributed by atoms with Crippen molar-refractivity contribution >= 4 is 21.8 Å². The minimum absolute atomic E-state index is 0. The molecule has 0 amide bonds. The monoisotopic (exact) mass is 673 g/mol. The zero-order valence-electron chi connectivity index (χ0n) is 20.0. The first-order valence-electron chi connectivity index (χ1n) is 11.9. The largest absolute Gasteiger partial charge is 0.483 e. The van der Waals surface area contributed by atoms with Crippen LogP contribution in [0.5, 0.6) is 11.5 Å². The van der Waals surface area contributed by atoms with Crippen LogP contribution in [-0.2, 0) is 21.1 Å². The maximum absolute atomic E-state index is 6.29. The summed E-state index contributed by atoms with van der Waals surface area (Å²) in [6.45, 7) is 0. The standard InChI is InChI=1S/C31H20N5O.Pt/c1-2-11-29-27(10-1)28-14-13-26(18-30(28)36(29)31-12-3-4-16-33-31)37-25-9-5-8-24(17-25)35-21-23(20-34-35)22-7-6-15-32-19-22;/h1-17,19-21H;/q-1;. The van der Waals surface area contributed by atoms with Crippen molar-refractivity contribution in [2.24, 2.45) is 0 Å². The van der Waals surface area contributed by atoms with Crippen LogP contribution in [0.1, 0.15) is 0 Å². The fourth-order valence-corrected chi connectivity index (χ4v) is 4.62. The number of ether oxygens (including phenoxy) is 1. The third-order valence-electron chi connectivity index (χ3n) is 6.32. The van der Waals surface area contributed by atoms with E-state index in [-0.39, 0.29) is 21.1 Å². The van der Waals surface area contributed by atoms with Gasteiger partial charge in [-0.15, -0.1) is 17.5 Å². The summed E-state index contributed by atoms with van der Waals surface area (Å²) in [7, 11) is 0. The number of pyridine rings is 2. The molecule has 0 saturated heterocycles. The number of nitrogens with zero attached hydrogens (tertiary/aromatic N) is 5. The van der Waals surface area contributed by atoms with Crippen LogP contribution in [0.4, 0.5) is 0 Å². The molecule has 38 heavy (non-hydrogen) atoms. The Kier molecular flexibility index (Phi) is 6.32. The Morgan fingerprint density at radius 2 is 1.66 bits per heavy atom. The van der Waals surface area contributed by atoms with E-state index in [4.69, 9.17) is 4.74 Å². The van der Waals surface area contributed by atoms with Gasteiger partial charge in [0.05, 0.1) is 11.9 Å². The van der Waals surface area contributed by atoms with E-state index < -0.39 is 0 Å². The summed E-state index contributed by atoms with van der Waals surface area (Å²) in [5.41, 5.74) is 4.92. The van der Waals surface area contributed by atoms with E-state index in [0.717, 1.165) is 44.4 Å². The Morgan fingerprint density at radius 1 is 0.737 bits per heavy atom. The molecule has 0 bridgehead atoms. The Hall–Kier alpha value is -4.54. The Balaban J connectivity index is 0.00000264. The second-order valence-electron chi connectivity index (χ2n) is 8.64. The molecule has 4 aromatic heterocycles. The van der Waals surface area contributed by atoms with Gasteiger partial charge in [0.1, 0.15) is 11.6 Å². The normalized spacial score (nSPS) is 10.9. The second kappa shape index (κ2) is 10.1. The van der Waals surface area contributed by atoms with Crippen LogP contribution in [0.15, 0.2) is 122 Å². The van der Waals surface area contributed by atoms with E-state index in [2.05, 4.69) is 50.0 Å². The number of hydrogen-bond donors (Lipinski definition) is 0. The van der Waals surface area contributed by atoms with E-state index in [1.807, 2.05) is 90.0 Å². The van der Waals surface area contributed by atoms with Gasteiger partial charge in [0.25, 0.3) is 0 Å². The first-order chi connectivity index (χ1) is 18.3. The van der Waals surface area contributed by atoms with Crippen LogP contribution in [0.2, 0.25) is 0 Å². The van der Waals surface area contributed by atoms with Crippen molar-refractivity contribution in [1.29, 1.82) is 0 Å². The molecule has 0 aliphatic carbocycles. The molecule has 3 aromatic carbocycles. The van der Waals surface area contributed by atoms with E-state index in [1.54, 1.807) is 12.4 Å². The quantitative estimate of drug-likeness (QED) is 0.185. The van der Waals surface area contributed by atoms with Gasteiger partial charge in [-0.05, 0) is 41.8 Å². The number of rotatable bonds is 5. The zero-order chi connectivity index (χ0) is 24.6. The predicted molar refractivity (Wildman–Crippen MR) is 144 cm³/mol. The average molecular weight is 674 g/mol. The van der Waals surface area contributed by atoms with Gasteiger partial charge in [-0.25, -0.2) is 9.67 Å². The minimum Gasteiger partial charge on any atom is -0.483 e. The summed E-state index contributed by atoms with van der Waals surface area (Å²) >= 11 is 0. The Morgan fingerprint density at radius 3 is 2.53 bits per heavy atom. The van der Waals surface area contributed by atoms with Gasteiger partial charge in [0, 0.05) is 74.3 Å². The molecule has 7 aromatic rings. The van der Waals surface area contributed by atoms with Gasteiger partial charge < -0.3 is 9.30 Å². The van der Waals surface area contributed by atoms with Crippen LogP contribution in [-0.4, -0.2) is 24.3 Å². The van der Waals surface area contributed by atoms with Gasteiger partial charge in [-0.1, -0.05) is 41.9 Å².